The van der Waals surface area contributed by atoms with E-state index in [-0.39, 0.29) is 16.4 Å². The second-order valence-corrected chi connectivity index (χ2v) is 8.51. The summed E-state index contributed by atoms with van der Waals surface area (Å²) in [5, 5.41) is -0.570. The lowest BCUT2D eigenvalue weighted by Gasteiger charge is -2.22. The molecule has 1 rings (SSSR count). The molecule has 6 heteroatoms. The zero-order chi connectivity index (χ0) is 16.2. The molecule has 0 aliphatic heterocycles. The van der Waals surface area contributed by atoms with E-state index in [1.54, 1.807) is 30.9 Å². The molecule has 21 heavy (non-hydrogen) atoms. The third-order valence-corrected chi connectivity index (χ3v) is 5.95. The lowest BCUT2D eigenvalue weighted by atomic mass is 10.2. The van der Waals surface area contributed by atoms with Gasteiger partial charge in [0.15, 0.2) is 9.84 Å². The van der Waals surface area contributed by atoms with Crippen molar-refractivity contribution in [1.82, 2.24) is 4.90 Å². The van der Waals surface area contributed by atoms with E-state index in [4.69, 9.17) is 0 Å². The van der Waals surface area contributed by atoms with E-state index in [1.807, 2.05) is 13.8 Å². The summed E-state index contributed by atoms with van der Waals surface area (Å²) in [4.78, 5) is 14.4. The van der Waals surface area contributed by atoms with Gasteiger partial charge in [-0.25, -0.2) is 8.42 Å². The summed E-state index contributed by atoms with van der Waals surface area (Å²) in [6.45, 7) is 8.30. The van der Waals surface area contributed by atoms with Crippen LogP contribution in [0.15, 0.2) is 27.6 Å². The van der Waals surface area contributed by atoms with E-state index in [0.29, 0.717) is 17.6 Å². The number of sulfone groups is 1. The highest BCUT2D eigenvalue weighted by Gasteiger charge is 2.27. The molecule has 0 N–H and O–H groups in total. The first-order valence-corrected chi connectivity index (χ1v) is 9.42. The van der Waals surface area contributed by atoms with Crippen molar-refractivity contribution in [2.75, 3.05) is 13.1 Å². The van der Waals surface area contributed by atoms with Gasteiger partial charge in [-0.05, 0) is 45.4 Å². The van der Waals surface area contributed by atoms with Gasteiger partial charge in [0.05, 0.1) is 15.7 Å². The van der Waals surface area contributed by atoms with Gasteiger partial charge in [-0.1, -0.05) is 22.9 Å². The van der Waals surface area contributed by atoms with E-state index < -0.39 is 15.1 Å². The molecule has 0 saturated carbocycles. The number of benzene rings is 1. The molecule has 4 nitrogen and oxygen atoms in total. The fourth-order valence-electron chi connectivity index (χ4n) is 2.01. The molecule has 1 aromatic rings. The minimum absolute atomic E-state index is 0.103. The van der Waals surface area contributed by atoms with Gasteiger partial charge in [-0.15, -0.1) is 0 Å². The molecule has 1 amide bonds. The van der Waals surface area contributed by atoms with E-state index in [1.165, 1.54) is 6.07 Å². The highest BCUT2D eigenvalue weighted by Crippen LogP contribution is 2.26. The molecule has 0 bridgehead atoms. The summed E-state index contributed by atoms with van der Waals surface area (Å²) >= 11 is 3.28. The van der Waals surface area contributed by atoms with Crippen LogP contribution in [-0.4, -0.2) is 37.6 Å². The Bertz CT molecular complexity index is 611. The molecule has 0 aliphatic rings. The Hall–Kier alpha value is -0.880. The Balaban J connectivity index is 3.41. The Morgan fingerprint density at radius 3 is 2.38 bits per heavy atom. The molecule has 0 spiro atoms. The normalized spacial score (nSPS) is 11.7. The van der Waals surface area contributed by atoms with E-state index in [0.717, 1.165) is 6.42 Å². The Kier molecular flexibility index (Phi) is 6.41. The fourth-order valence-corrected chi connectivity index (χ4v) is 3.78. The van der Waals surface area contributed by atoms with E-state index in [2.05, 4.69) is 15.9 Å². The molecule has 0 aliphatic carbocycles. The van der Waals surface area contributed by atoms with Crippen LogP contribution in [0.4, 0.5) is 0 Å². The first-order chi connectivity index (χ1) is 9.75. The van der Waals surface area contributed by atoms with Gasteiger partial charge in [0.1, 0.15) is 0 Å². The number of carbonyl (C=O) groups excluding carboxylic acids is 1. The van der Waals surface area contributed by atoms with Gasteiger partial charge in [0.2, 0.25) is 0 Å². The van der Waals surface area contributed by atoms with E-state index >= 15 is 0 Å². The molecule has 0 fully saturated rings. The maximum absolute atomic E-state index is 12.6. The predicted octanol–water partition coefficient (Wildman–Crippen LogP) is 3.50. The van der Waals surface area contributed by atoms with Crippen molar-refractivity contribution in [2.45, 2.75) is 44.3 Å². The van der Waals surface area contributed by atoms with Crippen LogP contribution < -0.4 is 0 Å². The zero-order valence-electron chi connectivity index (χ0n) is 12.9. The largest absolute Gasteiger partial charge is 0.339 e. The maximum Gasteiger partial charge on any atom is 0.255 e. The number of carbonyl (C=O) groups is 1. The highest BCUT2D eigenvalue weighted by molar-refractivity contribution is 9.10. The zero-order valence-corrected chi connectivity index (χ0v) is 15.3. The number of hydrogen-bond donors (Lipinski definition) is 0. The third kappa shape index (κ3) is 4.07. The van der Waals surface area contributed by atoms with Crippen molar-refractivity contribution in [3.05, 3.63) is 28.2 Å². The Morgan fingerprint density at radius 1 is 1.29 bits per heavy atom. The molecule has 1 aromatic carbocycles. The summed E-state index contributed by atoms with van der Waals surface area (Å²) in [6.07, 6.45) is 0.836. The van der Waals surface area contributed by atoms with Crippen molar-refractivity contribution < 1.29 is 13.2 Å². The molecule has 0 heterocycles. The summed E-state index contributed by atoms with van der Waals surface area (Å²) < 4.78 is 25.6. The summed E-state index contributed by atoms with van der Waals surface area (Å²) in [5.41, 5.74) is 0.252. The van der Waals surface area contributed by atoms with Gasteiger partial charge < -0.3 is 4.90 Å². The van der Waals surface area contributed by atoms with Crippen molar-refractivity contribution in [3.63, 3.8) is 0 Å². The molecular weight excluding hydrogens is 354 g/mol. The standard InChI is InChI=1S/C15H22BrNO3S/c1-5-9-17(6-2)15(18)13-8-7-12(16)10-14(13)21(19,20)11(3)4/h7-8,10-11H,5-6,9H2,1-4H3. The summed E-state index contributed by atoms with van der Waals surface area (Å²) in [7, 11) is -3.51. The number of amides is 1. The van der Waals surface area contributed by atoms with Crippen molar-refractivity contribution >= 4 is 31.7 Å². The lowest BCUT2D eigenvalue weighted by Crippen LogP contribution is -2.33. The summed E-state index contributed by atoms with van der Waals surface area (Å²) in [6, 6.07) is 4.80. The number of nitrogens with zero attached hydrogens (tertiary/aromatic N) is 1. The number of halogens is 1. The van der Waals surface area contributed by atoms with Crippen LogP contribution in [0.3, 0.4) is 0 Å². The molecule has 118 valence electrons. The number of rotatable bonds is 6. The van der Waals surface area contributed by atoms with Gasteiger partial charge >= 0.3 is 0 Å². The lowest BCUT2D eigenvalue weighted by molar-refractivity contribution is 0.0760. The second-order valence-electron chi connectivity index (χ2n) is 5.12. The minimum atomic E-state index is -3.51. The van der Waals surface area contributed by atoms with Gasteiger partial charge in [-0.3, -0.25) is 4.79 Å². The molecule has 0 atom stereocenters. The smallest absolute Gasteiger partial charge is 0.255 e. The van der Waals surface area contributed by atoms with Gasteiger partial charge in [0.25, 0.3) is 5.91 Å². The first kappa shape index (κ1) is 18.2. The Morgan fingerprint density at radius 2 is 1.90 bits per heavy atom. The molecule has 0 aromatic heterocycles. The third-order valence-electron chi connectivity index (χ3n) is 3.26. The van der Waals surface area contributed by atoms with Crippen LogP contribution in [0.5, 0.6) is 0 Å². The quantitative estimate of drug-likeness (QED) is 0.764. The van der Waals surface area contributed by atoms with Gasteiger partial charge in [-0.2, -0.15) is 0 Å². The SMILES string of the molecule is CCCN(CC)C(=O)c1ccc(Br)cc1S(=O)(=O)C(C)C. The summed E-state index contributed by atoms with van der Waals surface area (Å²) in [5.74, 6) is -0.230. The topological polar surface area (TPSA) is 54.5 Å². The van der Waals surface area contributed by atoms with Crippen molar-refractivity contribution in [2.24, 2.45) is 0 Å². The first-order valence-electron chi connectivity index (χ1n) is 7.08. The predicted molar refractivity (Wildman–Crippen MR) is 88.3 cm³/mol. The monoisotopic (exact) mass is 375 g/mol. The van der Waals surface area contributed by atoms with Crippen LogP contribution in [0.2, 0.25) is 0 Å². The van der Waals surface area contributed by atoms with Crippen LogP contribution in [-0.2, 0) is 9.84 Å². The van der Waals surface area contributed by atoms with E-state index in [9.17, 15) is 13.2 Å². The number of hydrogen-bond acceptors (Lipinski definition) is 3. The fraction of sp³-hybridized carbons (Fsp3) is 0.533. The molecule has 0 radical (unpaired) electrons. The van der Waals surface area contributed by atoms with Crippen LogP contribution in [0, 0.1) is 0 Å². The average molecular weight is 376 g/mol. The molecule has 0 saturated heterocycles. The minimum Gasteiger partial charge on any atom is -0.339 e. The maximum atomic E-state index is 12.6. The van der Waals surface area contributed by atoms with Crippen molar-refractivity contribution in [1.29, 1.82) is 0 Å². The average Bonchev–Trinajstić information content (AvgIpc) is 2.43. The highest BCUT2D eigenvalue weighted by atomic mass is 79.9. The second kappa shape index (κ2) is 7.40. The van der Waals surface area contributed by atoms with Crippen LogP contribution in [0.1, 0.15) is 44.5 Å². The van der Waals surface area contributed by atoms with Crippen LogP contribution in [0.25, 0.3) is 0 Å². The van der Waals surface area contributed by atoms with Crippen LogP contribution >= 0.6 is 15.9 Å². The van der Waals surface area contributed by atoms with Crippen molar-refractivity contribution in [3.8, 4) is 0 Å². The van der Waals surface area contributed by atoms with Gasteiger partial charge in [0, 0.05) is 17.6 Å². The molecular formula is C15H22BrNO3S. The molecule has 0 unspecified atom stereocenters. The Labute approximate surface area is 135 Å².